The van der Waals surface area contributed by atoms with Crippen molar-refractivity contribution in [3.8, 4) is 28.4 Å². The van der Waals surface area contributed by atoms with E-state index < -0.39 is 6.36 Å². The number of H-pyrrole nitrogens is 1. The zero-order chi connectivity index (χ0) is 26.2. The molecular formula is C24H20F3IN6O3. The first-order chi connectivity index (χ1) is 17.6. The molecule has 0 spiro atoms. The number of benzene rings is 1. The van der Waals surface area contributed by atoms with E-state index in [2.05, 4.69) is 57.1 Å². The third-order valence-corrected chi connectivity index (χ3v) is 6.92. The molecule has 1 saturated heterocycles. The Hall–Kier alpha value is -3.49. The Kier molecular flexibility index (Phi) is 6.88. The van der Waals surface area contributed by atoms with Crippen LogP contribution in [-0.4, -0.2) is 53.9 Å². The van der Waals surface area contributed by atoms with Crippen LogP contribution in [-0.2, 0) is 9.53 Å². The van der Waals surface area contributed by atoms with E-state index >= 15 is 0 Å². The second kappa shape index (κ2) is 10.1. The molecule has 0 radical (unpaired) electrons. The number of aromatic nitrogens is 5. The molecule has 4 heterocycles. The average molecular weight is 624 g/mol. The summed E-state index contributed by atoms with van der Waals surface area (Å²) >= 11 is 2.30. The van der Waals surface area contributed by atoms with Crippen LogP contribution in [0.5, 0.6) is 5.75 Å². The minimum Gasteiger partial charge on any atom is -0.462 e. The first-order valence-electron chi connectivity index (χ1n) is 11.3. The predicted molar refractivity (Wildman–Crippen MR) is 137 cm³/mol. The molecule has 4 aromatic rings. The minimum atomic E-state index is -4.77. The summed E-state index contributed by atoms with van der Waals surface area (Å²) in [6.45, 7) is 2.10. The molecule has 1 aromatic carbocycles. The number of imidazole rings is 1. The van der Waals surface area contributed by atoms with Crippen molar-refractivity contribution in [1.82, 2.24) is 24.9 Å². The van der Waals surface area contributed by atoms with Gasteiger partial charge in [-0.15, -0.1) is 13.2 Å². The van der Waals surface area contributed by atoms with E-state index in [4.69, 9.17) is 4.74 Å². The normalized spacial score (nSPS) is 18.1. The highest BCUT2D eigenvalue weighted by molar-refractivity contribution is 14.1. The molecule has 1 aliphatic rings. The quantitative estimate of drug-likeness (QED) is 0.139. The number of nitrogens with zero attached hydrogens (tertiary/aromatic N) is 5. The molecule has 0 saturated carbocycles. The summed E-state index contributed by atoms with van der Waals surface area (Å²) in [5.74, 6) is 0.466. The SMILES string of the molecule is CC(=O)OC1CCN(c2ncc(-c3ccc(-c4nc5ccc(OC(F)(F)F)cc5[nH]4)cn3)cn2)C(I)C1. The van der Waals surface area contributed by atoms with Crippen LogP contribution in [0.3, 0.4) is 0 Å². The van der Waals surface area contributed by atoms with E-state index in [-0.39, 0.29) is 21.9 Å². The number of fused-ring (bicyclic) bond motifs is 1. The maximum atomic E-state index is 12.5. The Morgan fingerprint density at radius 3 is 2.51 bits per heavy atom. The van der Waals surface area contributed by atoms with Crippen molar-refractivity contribution in [2.24, 2.45) is 0 Å². The third kappa shape index (κ3) is 5.92. The third-order valence-electron chi connectivity index (χ3n) is 5.73. The lowest BCUT2D eigenvalue weighted by molar-refractivity contribution is -0.274. The smallest absolute Gasteiger partial charge is 0.462 e. The molecule has 192 valence electrons. The summed E-state index contributed by atoms with van der Waals surface area (Å²) in [5, 5.41) is 0. The van der Waals surface area contributed by atoms with E-state index in [1.54, 1.807) is 24.7 Å². The summed E-state index contributed by atoms with van der Waals surface area (Å²) in [7, 11) is 0. The van der Waals surface area contributed by atoms with Gasteiger partial charge in [-0.3, -0.25) is 9.78 Å². The van der Waals surface area contributed by atoms with Crippen molar-refractivity contribution in [3.05, 3.63) is 48.9 Å². The number of hydrogen-bond acceptors (Lipinski definition) is 8. The summed E-state index contributed by atoms with van der Waals surface area (Å²) in [5.41, 5.74) is 2.97. The average Bonchev–Trinajstić information content (AvgIpc) is 3.26. The number of carbonyl (C=O) groups excluding carboxylic acids is 1. The molecule has 1 fully saturated rings. The van der Waals surface area contributed by atoms with Crippen molar-refractivity contribution < 1.29 is 27.4 Å². The molecule has 3 aromatic heterocycles. The lowest BCUT2D eigenvalue weighted by Crippen LogP contribution is -2.43. The minimum absolute atomic E-state index is 0.0962. The van der Waals surface area contributed by atoms with Gasteiger partial charge in [-0.05, 0) is 24.3 Å². The molecular weight excluding hydrogens is 604 g/mol. The van der Waals surface area contributed by atoms with Crippen LogP contribution in [0, 0.1) is 0 Å². The van der Waals surface area contributed by atoms with E-state index in [1.165, 1.54) is 25.1 Å². The molecule has 9 nitrogen and oxygen atoms in total. The fourth-order valence-electron chi connectivity index (χ4n) is 4.08. The monoisotopic (exact) mass is 624 g/mol. The predicted octanol–water partition coefficient (Wildman–Crippen LogP) is 5.27. The number of piperidine rings is 1. The van der Waals surface area contributed by atoms with Gasteiger partial charge >= 0.3 is 12.3 Å². The Labute approximate surface area is 222 Å². The van der Waals surface area contributed by atoms with E-state index in [9.17, 15) is 18.0 Å². The van der Waals surface area contributed by atoms with Gasteiger partial charge in [0.25, 0.3) is 0 Å². The van der Waals surface area contributed by atoms with Crippen molar-refractivity contribution in [2.45, 2.75) is 36.3 Å². The highest BCUT2D eigenvalue weighted by Crippen LogP contribution is 2.30. The molecule has 2 atom stereocenters. The van der Waals surface area contributed by atoms with Crippen LogP contribution >= 0.6 is 22.6 Å². The van der Waals surface area contributed by atoms with Crippen LogP contribution in [0.2, 0.25) is 0 Å². The second-order valence-corrected chi connectivity index (χ2v) is 9.84. The van der Waals surface area contributed by atoms with Crippen LogP contribution in [0.25, 0.3) is 33.7 Å². The van der Waals surface area contributed by atoms with Gasteiger partial charge in [0.05, 0.1) is 20.8 Å². The van der Waals surface area contributed by atoms with Crippen molar-refractivity contribution in [3.63, 3.8) is 0 Å². The molecule has 37 heavy (non-hydrogen) atoms. The van der Waals surface area contributed by atoms with E-state index in [1.807, 2.05) is 6.07 Å². The fraction of sp³-hybridized carbons (Fsp3) is 0.292. The molecule has 2 unspecified atom stereocenters. The maximum absolute atomic E-state index is 12.5. The van der Waals surface area contributed by atoms with Crippen molar-refractivity contribution in [2.75, 3.05) is 11.4 Å². The Morgan fingerprint density at radius 2 is 1.86 bits per heavy atom. The van der Waals surface area contributed by atoms with Gasteiger partial charge in [-0.25, -0.2) is 15.0 Å². The topological polar surface area (TPSA) is 106 Å². The highest BCUT2D eigenvalue weighted by Gasteiger charge is 2.31. The Balaban J connectivity index is 1.28. The second-order valence-electron chi connectivity index (χ2n) is 8.40. The number of rotatable bonds is 5. The number of anilines is 1. The number of hydrogen-bond donors (Lipinski definition) is 1. The van der Waals surface area contributed by atoms with Crippen LogP contribution < -0.4 is 9.64 Å². The first kappa shape index (κ1) is 25.2. The number of aromatic amines is 1. The maximum Gasteiger partial charge on any atom is 0.573 e. The largest absolute Gasteiger partial charge is 0.573 e. The van der Waals surface area contributed by atoms with Gasteiger partial charge in [0.2, 0.25) is 5.95 Å². The van der Waals surface area contributed by atoms with Gasteiger partial charge in [0, 0.05) is 62.1 Å². The first-order valence-corrected chi connectivity index (χ1v) is 12.5. The zero-order valence-corrected chi connectivity index (χ0v) is 21.5. The summed E-state index contributed by atoms with van der Waals surface area (Å²) in [6, 6.07) is 7.52. The van der Waals surface area contributed by atoms with Gasteiger partial charge < -0.3 is 19.4 Å². The number of nitrogens with one attached hydrogen (secondary N) is 1. The number of carbonyl (C=O) groups is 1. The number of ether oxygens (including phenoxy) is 2. The number of pyridine rings is 1. The van der Waals surface area contributed by atoms with Gasteiger partial charge in [0.1, 0.15) is 17.7 Å². The molecule has 0 bridgehead atoms. The number of halogens is 4. The van der Waals surface area contributed by atoms with Crippen molar-refractivity contribution >= 4 is 45.5 Å². The highest BCUT2D eigenvalue weighted by atomic mass is 127. The lowest BCUT2D eigenvalue weighted by atomic mass is 10.1. The Morgan fingerprint density at radius 1 is 1.11 bits per heavy atom. The van der Waals surface area contributed by atoms with Gasteiger partial charge in [0.15, 0.2) is 0 Å². The number of esters is 1. The fourth-order valence-corrected chi connectivity index (χ4v) is 5.18. The van der Waals surface area contributed by atoms with Crippen LogP contribution in [0.1, 0.15) is 19.8 Å². The van der Waals surface area contributed by atoms with Crippen molar-refractivity contribution in [1.29, 1.82) is 0 Å². The zero-order valence-electron chi connectivity index (χ0n) is 19.4. The standard InChI is InChI=1S/C24H20F3IN6O3/c1-13(35)36-16-6-7-34(21(28)9-16)23-30-11-15(12-31-23)18-4-2-14(10-29-18)22-32-19-5-3-17(8-20(19)33-22)37-24(25,26)27/h2-5,8,10-12,16,21H,6-7,9H2,1H3,(H,32,33). The molecule has 1 aliphatic heterocycles. The Bertz CT molecular complexity index is 1410. The van der Waals surface area contributed by atoms with E-state index in [0.29, 0.717) is 53.4 Å². The van der Waals surface area contributed by atoms with E-state index in [0.717, 1.165) is 5.56 Å². The molecule has 5 rings (SSSR count). The molecule has 0 aliphatic carbocycles. The lowest BCUT2D eigenvalue weighted by Gasteiger charge is -2.35. The molecule has 0 amide bonds. The summed E-state index contributed by atoms with van der Waals surface area (Å²) < 4.78 is 46.9. The molecule has 1 N–H and O–H groups in total. The van der Waals surface area contributed by atoms with Gasteiger partial charge in [-0.1, -0.05) is 22.6 Å². The number of alkyl halides is 4. The summed E-state index contributed by atoms with van der Waals surface area (Å²) in [6.07, 6.45) is 1.58. The van der Waals surface area contributed by atoms with Gasteiger partial charge in [-0.2, -0.15) is 0 Å². The van der Waals surface area contributed by atoms with Crippen LogP contribution in [0.4, 0.5) is 19.1 Å². The van der Waals surface area contributed by atoms with Crippen LogP contribution in [0.15, 0.2) is 48.9 Å². The summed E-state index contributed by atoms with van der Waals surface area (Å²) in [4.78, 5) is 34.2. The molecule has 13 heteroatoms.